The Labute approximate surface area is 204 Å². The average molecular weight is 532 g/mol. The van der Waals surface area contributed by atoms with Crippen molar-refractivity contribution in [2.75, 3.05) is 18.0 Å². The lowest BCUT2D eigenvalue weighted by molar-refractivity contribution is -0.385. The van der Waals surface area contributed by atoms with Gasteiger partial charge < -0.3 is 14.4 Å². The Morgan fingerprint density at radius 1 is 1.05 bits per heavy atom. The zero-order valence-electron chi connectivity index (χ0n) is 19.0. The number of hydrogen-bond donors (Lipinski definition) is 0. The van der Waals surface area contributed by atoms with Crippen LogP contribution in [0.2, 0.25) is 0 Å². The maximum absolute atomic E-state index is 13.2. The van der Waals surface area contributed by atoms with Crippen molar-refractivity contribution in [1.82, 2.24) is 19.7 Å². The van der Waals surface area contributed by atoms with Gasteiger partial charge in [-0.05, 0) is 12.1 Å². The minimum absolute atomic E-state index is 0.139. The standard InChI is InChI=1S/C21H18F6N6O4/c1-31-16(10-15(30-31)21(25,26)27)37-19-17(33(34)35)18(28-11-29-19)32-8-6-12(7-9-32)36-14-5-3-2-4-13(14)20(22,23)24/h2-5,10-12H,6-9H2,1H3. The molecule has 0 amide bonds. The van der Waals surface area contributed by atoms with Gasteiger partial charge in [-0.3, -0.25) is 10.1 Å². The van der Waals surface area contributed by atoms with Crippen LogP contribution in [0.15, 0.2) is 36.7 Å². The van der Waals surface area contributed by atoms with E-state index in [1.54, 1.807) is 0 Å². The van der Waals surface area contributed by atoms with Crippen LogP contribution in [0.4, 0.5) is 37.8 Å². The van der Waals surface area contributed by atoms with E-state index in [0.717, 1.165) is 17.1 Å². The van der Waals surface area contributed by atoms with Crippen molar-refractivity contribution in [2.24, 2.45) is 7.05 Å². The SMILES string of the molecule is Cn1nc(C(F)(F)F)cc1Oc1ncnc(N2CCC(Oc3ccccc3C(F)(F)F)CC2)c1[N+](=O)[O-]. The molecule has 10 nitrogen and oxygen atoms in total. The fourth-order valence-corrected chi connectivity index (χ4v) is 3.77. The van der Waals surface area contributed by atoms with E-state index in [2.05, 4.69) is 15.1 Å². The summed E-state index contributed by atoms with van der Waals surface area (Å²) in [6.07, 6.45) is -8.54. The van der Waals surface area contributed by atoms with Gasteiger partial charge in [0.05, 0.1) is 10.5 Å². The number of rotatable bonds is 6. The van der Waals surface area contributed by atoms with Crippen molar-refractivity contribution >= 4 is 11.5 Å². The first-order valence-corrected chi connectivity index (χ1v) is 10.7. The van der Waals surface area contributed by atoms with Crippen LogP contribution in [0, 0.1) is 10.1 Å². The van der Waals surface area contributed by atoms with Crippen LogP contribution < -0.4 is 14.4 Å². The number of hydrogen-bond acceptors (Lipinski definition) is 8. The quantitative estimate of drug-likeness (QED) is 0.248. The molecule has 198 valence electrons. The Morgan fingerprint density at radius 2 is 1.73 bits per heavy atom. The van der Waals surface area contributed by atoms with E-state index in [9.17, 15) is 36.5 Å². The van der Waals surface area contributed by atoms with Gasteiger partial charge in [0.1, 0.15) is 18.2 Å². The fraction of sp³-hybridized carbons (Fsp3) is 0.381. The highest BCUT2D eigenvalue weighted by atomic mass is 19.4. The van der Waals surface area contributed by atoms with Crippen molar-refractivity contribution < 1.29 is 40.7 Å². The molecule has 0 bridgehead atoms. The van der Waals surface area contributed by atoms with Crippen LogP contribution >= 0.6 is 0 Å². The minimum atomic E-state index is -4.75. The predicted molar refractivity (Wildman–Crippen MR) is 114 cm³/mol. The molecule has 1 aromatic carbocycles. The summed E-state index contributed by atoms with van der Waals surface area (Å²) in [6.45, 7) is 0.278. The molecular weight excluding hydrogens is 514 g/mol. The van der Waals surface area contributed by atoms with Crippen molar-refractivity contribution in [3.63, 3.8) is 0 Å². The summed E-state index contributed by atoms with van der Waals surface area (Å²) in [5.74, 6) is -1.49. The molecule has 1 fully saturated rings. The summed E-state index contributed by atoms with van der Waals surface area (Å²) in [5, 5.41) is 15.1. The van der Waals surface area contributed by atoms with Crippen LogP contribution in [0.1, 0.15) is 24.1 Å². The van der Waals surface area contributed by atoms with Crippen molar-refractivity contribution in [1.29, 1.82) is 0 Å². The first-order chi connectivity index (χ1) is 17.3. The molecule has 0 atom stereocenters. The zero-order valence-corrected chi connectivity index (χ0v) is 19.0. The maximum atomic E-state index is 13.2. The Hall–Kier alpha value is -4.11. The Kier molecular flexibility index (Phi) is 6.84. The van der Waals surface area contributed by atoms with E-state index >= 15 is 0 Å². The topological polar surface area (TPSA) is 108 Å². The van der Waals surface area contributed by atoms with Crippen LogP contribution in [-0.4, -0.2) is 43.9 Å². The largest absolute Gasteiger partial charge is 0.490 e. The van der Waals surface area contributed by atoms with E-state index in [-0.39, 0.29) is 37.5 Å². The molecular formula is C21H18F6N6O4. The molecule has 16 heteroatoms. The lowest BCUT2D eigenvalue weighted by atomic mass is 10.1. The fourth-order valence-electron chi connectivity index (χ4n) is 3.77. The predicted octanol–water partition coefficient (Wildman–Crippen LogP) is 5.00. The summed E-state index contributed by atoms with van der Waals surface area (Å²) >= 11 is 0. The molecule has 0 N–H and O–H groups in total. The number of nitrogens with zero attached hydrogens (tertiary/aromatic N) is 6. The van der Waals surface area contributed by atoms with Crippen LogP contribution in [0.3, 0.4) is 0 Å². The Bertz CT molecular complexity index is 1290. The van der Waals surface area contributed by atoms with Gasteiger partial charge in [0.2, 0.25) is 11.7 Å². The summed E-state index contributed by atoms with van der Waals surface area (Å²) in [6, 6.07) is 5.38. The van der Waals surface area contributed by atoms with E-state index in [1.807, 2.05) is 0 Å². The second-order valence-corrected chi connectivity index (χ2v) is 8.00. The monoisotopic (exact) mass is 532 g/mol. The first-order valence-electron chi connectivity index (χ1n) is 10.7. The third kappa shape index (κ3) is 5.67. The number of piperidine rings is 1. The molecule has 2 aromatic heterocycles. The number of anilines is 1. The molecule has 3 aromatic rings. The lowest BCUT2D eigenvalue weighted by Gasteiger charge is -2.33. The zero-order chi connectivity index (χ0) is 27.0. The Morgan fingerprint density at radius 3 is 2.32 bits per heavy atom. The first kappa shape index (κ1) is 26.0. The lowest BCUT2D eigenvalue weighted by Crippen LogP contribution is -2.39. The minimum Gasteiger partial charge on any atom is -0.490 e. The van der Waals surface area contributed by atoms with Gasteiger partial charge in [-0.25, -0.2) is 9.67 Å². The number of nitro groups is 1. The molecule has 37 heavy (non-hydrogen) atoms. The van der Waals surface area contributed by atoms with E-state index in [0.29, 0.717) is 6.07 Å². The molecule has 0 radical (unpaired) electrons. The highest BCUT2D eigenvalue weighted by Crippen LogP contribution is 2.40. The number of para-hydroxylation sites is 1. The summed E-state index contributed by atoms with van der Waals surface area (Å²) < 4.78 is 90.2. The van der Waals surface area contributed by atoms with Gasteiger partial charge in [0.25, 0.3) is 0 Å². The average Bonchev–Trinajstić information content (AvgIpc) is 3.19. The van der Waals surface area contributed by atoms with Crippen LogP contribution in [0.5, 0.6) is 17.5 Å². The third-order valence-electron chi connectivity index (χ3n) is 5.51. The maximum Gasteiger partial charge on any atom is 0.435 e. The number of alkyl halides is 6. The van der Waals surface area contributed by atoms with Gasteiger partial charge in [-0.1, -0.05) is 12.1 Å². The molecule has 1 aliphatic heterocycles. The highest BCUT2D eigenvalue weighted by Gasteiger charge is 2.37. The van der Waals surface area contributed by atoms with Crippen LogP contribution in [-0.2, 0) is 19.4 Å². The number of halogens is 6. The second kappa shape index (κ2) is 9.74. The van der Waals surface area contributed by atoms with Gasteiger partial charge in [-0.15, -0.1) is 0 Å². The van der Waals surface area contributed by atoms with Gasteiger partial charge in [0.15, 0.2) is 5.69 Å². The molecule has 1 aliphatic rings. The number of benzene rings is 1. The second-order valence-electron chi connectivity index (χ2n) is 8.00. The highest BCUT2D eigenvalue weighted by molar-refractivity contribution is 5.63. The molecule has 0 aliphatic carbocycles. The molecule has 3 heterocycles. The van der Waals surface area contributed by atoms with Crippen molar-refractivity contribution in [3.05, 3.63) is 58.0 Å². The summed E-state index contributed by atoms with van der Waals surface area (Å²) in [7, 11) is 1.17. The smallest absolute Gasteiger partial charge is 0.435 e. The number of aromatic nitrogens is 4. The van der Waals surface area contributed by atoms with Crippen molar-refractivity contribution in [2.45, 2.75) is 31.3 Å². The normalized spacial score (nSPS) is 15.1. The van der Waals surface area contributed by atoms with Gasteiger partial charge in [-0.2, -0.15) is 36.4 Å². The van der Waals surface area contributed by atoms with Crippen molar-refractivity contribution in [3.8, 4) is 17.5 Å². The molecule has 0 saturated carbocycles. The van der Waals surface area contributed by atoms with E-state index in [1.165, 1.54) is 30.1 Å². The number of aryl methyl sites for hydroxylation is 1. The van der Waals surface area contributed by atoms with Crippen LogP contribution in [0.25, 0.3) is 0 Å². The van der Waals surface area contributed by atoms with Gasteiger partial charge >= 0.3 is 23.9 Å². The third-order valence-corrected chi connectivity index (χ3v) is 5.51. The van der Waals surface area contributed by atoms with Gasteiger partial charge in [0, 0.05) is 39.0 Å². The number of ether oxygens (including phenoxy) is 2. The summed E-state index contributed by atoms with van der Waals surface area (Å²) in [5.41, 5.74) is -2.84. The molecule has 0 spiro atoms. The van der Waals surface area contributed by atoms with E-state index < -0.39 is 52.1 Å². The summed E-state index contributed by atoms with van der Waals surface area (Å²) in [4.78, 5) is 20.2. The van der Waals surface area contributed by atoms with E-state index in [4.69, 9.17) is 9.47 Å². The Balaban J connectivity index is 1.52. The molecule has 0 unspecified atom stereocenters. The molecule has 1 saturated heterocycles. The molecule has 4 rings (SSSR count).